The van der Waals surface area contributed by atoms with Crippen LogP contribution in [0.2, 0.25) is 0 Å². The topological polar surface area (TPSA) is 46.5 Å². The van der Waals surface area contributed by atoms with Crippen LogP contribution >= 0.6 is 0 Å². The van der Waals surface area contributed by atoms with E-state index in [2.05, 4.69) is 0 Å². The Hall–Kier alpha value is -0.570. The van der Waals surface area contributed by atoms with Crippen molar-refractivity contribution >= 4 is 5.97 Å². The lowest BCUT2D eigenvalue weighted by Crippen LogP contribution is -2.39. The molecule has 15 heavy (non-hydrogen) atoms. The van der Waals surface area contributed by atoms with Gasteiger partial charge in [-0.05, 0) is 5.41 Å². The van der Waals surface area contributed by atoms with Gasteiger partial charge in [-0.15, -0.1) is 0 Å². The number of aliphatic hydroxyl groups excluding tert-OH is 1. The lowest BCUT2D eigenvalue weighted by Gasteiger charge is -2.34. The predicted molar refractivity (Wildman–Crippen MR) is 60.4 cm³/mol. The first-order valence-corrected chi connectivity index (χ1v) is 5.51. The lowest BCUT2D eigenvalue weighted by atomic mass is 9.82. The highest BCUT2D eigenvalue weighted by molar-refractivity contribution is 5.71. The molecule has 0 aliphatic carbocycles. The summed E-state index contributed by atoms with van der Waals surface area (Å²) in [6, 6.07) is 0. The summed E-state index contributed by atoms with van der Waals surface area (Å²) in [7, 11) is 0. The summed E-state index contributed by atoms with van der Waals surface area (Å²) in [5.74, 6) is -0.358. The van der Waals surface area contributed by atoms with Gasteiger partial charge in [0.05, 0.1) is 5.92 Å². The molecule has 3 heteroatoms. The van der Waals surface area contributed by atoms with Crippen molar-refractivity contribution in [1.29, 1.82) is 0 Å². The molecule has 0 saturated heterocycles. The molecule has 2 atom stereocenters. The minimum absolute atomic E-state index is 0.0345. The summed E-state index contributed by atoms with van der Waals surface area (Å²) in [4.78, 5) is 11.5. The summed E-state index contributed by atoms with van der Waals surface area (Å²) >= 11 is 0. The molecule has 0 saturated carbocycles. The van der Waals surface area contributed by atoms with Crippen LogP contribution in [0.1, 0.15) is 41.5 Å². The average Bonchev–Trinajstić information content (AvgIpc) is 2.10. The first-order chi connectivity index (χ1) is 6.70. The van der Waals surface area contributed by atoms with Crippen LogP contribution in [0.5, 0.6) is 0 Å². The SMILES string of the molecule is CC(C)C(=O)O[C@H]([C@H](C)CO)C(C)(C)C. The van der Waals surface area contributed by atoms with E-state index in [0.29, 0.717) is 0 Å². The van der Waals surface area contributed by atoms with Crippen LogP contribution in [-0.4, -0.2) is 23.8 Å². The summed E-state index contributed by atoms with van der Waals surface area (Å²) in [6.07, 6.45) is -0.239. The minimum atomic E-state index is -0.239. The maximum absolute atomic E-state index is 11.5. The molecule has 90 valence electrons. The number of hydrogen-bond donors (Lipinski definition) is 1. The van der Waals surface area contributed by atoms with Crippen LogP contribution in [-0.2, 0) is 9.53 Å². The van der Waals surface area contributed by atoms with Gasteiger partial charge in [0.1, 0.15) is 6.10 Å². The number of esters is 1. The number of carbonyl (C=O) groups is 1. The fourth-order valence-electron chi connectivity index (χ4n) is 1.50. The van der Waals surface area contributed by atoms with Gasteiger partial charge in [0.2, 0.25) is 0 Å². The van der Waals surface area contributed by atoms with Gasteiger partial charge in [-0.2, -0.15) is 0 Å². The molecule has 0 fully saturated rings. The Labute approximate surface area is 92.8 Å². The molecule has 0 aromatic rings. The van der Waals surface area contributed by atoms with E-state index in [1.807, 2.05) is 41.5 Å². The number of hydrogen-bond acceptors (Lipinski definition) is 3. The van der Waals surface area contributed by atoms with Crippen LogP contribution in [0.3, 0.4) is 0 Å². The van der Waals surface area contributed by atoms with Crippen molar-refractivity contribution in [3.05, 3.63) is 0 Å². The minimum Gasteiger partial charge on any atom is -0.461 e. The van der Waals surface area contributed by atoms with Crippen molar-refractivity contribution in [3.8, 4) is 0 Å². The standard InChI is InChI=1S/C12H24O3/c1-8(2)11(14)15-10(9(3)7-13)12(4,5)6/h8-10,13H,7H2,1-6H3/t9-,10-/m1/s1. The summed E-state index contributed by atoms with van der Waals surface area (Å²) in [6.45, 7) is 11.6. The van der Waals surface area contributed by atoms with E-state index in [1.165, 1.54) is 0 Å². The molecule has 0 rings (SSSR count). The lowest BCUT2D eigenvalue weighted by molar-refractivity contribution is -0.163. The second-order valence-corrected chi connectivity index (χ2v) is 5.54. The summed E-state index contributed by atoms with van der Waals surface area (Å²) in [5.41, 5.74) is -0.146. The number of carbonyl (C=O) groups excluding carboxylic acids is 1. The molecule has 0 bridgehead atoms. The van der Waals surface area contributed by atoms with Gasteiger partial charge in [0.25, 0.3) is 0 Å². The molecule has 0 unspecified atom stereocenters. The Morgan fingerprint density at radius 2 is 1.73 bits per heavy atom. The smallest absolute Gasteiger partial charge is 0.308 e. The first-order valence-electron chi connectivity index (χ1n) is 5.51. The maximum atomic E-state index is 11.5. The average molecular weight is 216 g/mol. The van der Waals surface area contributed by atoms with Crippen molar-refractivity contribution in [1.82, 2.24) is 0 Å². The van der Waals surface area contributed by atoms with E-state index in [1.54, 1.807) is 0 Å². The highest BCUT2D eigenvalue weighted by Crippen LogP contribution is 2.28. The Bertz CT molecular complexity index is 203. The highest BCUT2D eigenvalue weighted by atomic mass is 16.5. The van der Waals surface area contributed by atoms with E-state index in [0.717, 1.165) is 0 Å². The monoisotopic (exact) mass is 216 g/mol. The second-order valence-electron chi connectivity index (χ2n) is 5.54. The Morgan fingerprint density at radius 1 is 1.27 bits per heavy atom. The van der Waals surface area contributed by atoms with E-state index in [9.17, 15) is 4.79 Å². The van der Waals surface area contributed by atoms with Gasteiger partial charge < -0.3 is 9.84 Å². The zero-order valence-electron chi connectivity index (χ0n) is 10.7. The number of rotatable bonds is 4. The van der Waals surface area contributed by atoms with Crippen LogP contribution in [0.15, 0.2) is 0 Å². The zero-order valence-corrected chi connectivity index (χ0v) is 10.7. The molecule has 0 spiro atoms. The van der Waals surface area contributed by atoms with E-state index < -0.39 is 0 Å². The van der Waals surface area contributed by atoms with E-state index in [4.69, 9.17) is 9.84 Å². The van der Waals surface area contributed by atoms with Crippen LogP contribution in [0.25, 0.3) is 0 Å². The molecule has 0 aliphatic rings. The van der Waals surface area contributed by atoms with Crippen molar-refractivity contribution in [2.24, 2.45) is 17.3 Å². The van der Waals surface area contributed by atoms with Crippen LogP contribution in [0.4, 0.5) is 0 Å². The van der Waals surface area contributed by atoms with Crippen molar-refractivity contribution in [3.63, 3.8) is 0 Å². The van der Waals surface area contributed by atoms with Gasteiger partial charge >= 0.3 is 5.97 Å². The predicted octanol–water partition coefficient (Wildman–Crippen LogP) is 2.23. The third-order valence-electron chi connectivity index (χ3n) is 2.37. The Balaban J connectivity index is 4.60. The molecule has 0 aliphatic heterocycles. The fourth-order valence-corrected chi connectivity index (χ4v) is 1.50. The summed E-state index contributed by atoms with van der Waals surface area (Å²) < 4.78 is 5.43. The summed E-state index contributed by atoms with van der Waals surface area (Å²) in [5, 5.41) is 9.13. The second kappa shape index (κ2) is 5.50. The fraction of sp³-hybridized carbons (Fsp3) is 0.917. The maximum Gasteiger partial charge on any atom is 0.308 e. The van der Waals surface area contributed by atoms with Crippen molar-refractivity contribution in [2.75, 3.05) is 6.61 Å². The number of aliphatic hydroxyl groups is 1. The highest BCUT2D eigenvalue weighted by Gasteiger charge is 2.33. The van der Waals surface area contributed by atoms with Crippen molar-refractivity contribution in [2.45, 2.75) is 47.6 Å². The van der Waals surface area contributed by atoms with E-state index >= 15 is 0 Å². The molecular formula is C12H24O3. The molecule has 0 amide bonds. The molecule has 3 nitrogen and oxygen atoms in total. The van der Waals surface area contributed by atoms with Gasteiger partial charge in [0, 0.05) is 12.5 Å². The van der Waals surface area contributed by atoms with Gasteiger partial charge in [0.15, 0.2) is 0 Å². The molecule has 0 aromatic carbocycles. The molecule has 0 aromatic heterocycles. The Morgan fingerprint density at radius 3 is 2.00 bits per heavy atom. The molecule has 0 radical (unpaired) electrons. The zero-order chi connectivity index (χ0) is 12.2. The molecule has 1 N–H and O–H groups in total. The molecular weight excluding hydrogens is 192 g/mol. The van der Waals surface area contributed by atoms with E-state index in [-0.39, 0.29) is 35.9 Å². The van der Waals surface area contributed by atoms with Crippen LogP contribution in [0, 0.1) is 17.3 Å². The van der Waals surface area contributed by atoms with Crippen molar-refractivity contribution < 1.29 is 14.6 Å². The third-order valence-corrected chi connectivity index (χ3v) is 2.37. The Kier molecular flexibility index (Phi) is 5.29. The third kappa shape index (κ3) is 4.65. The van der Waals surface area contributed by atoms with Gasteiger partial charge in [-0.3, -0.25) is 4.79 Å². The quantitative estimate of drug-likeness (QED) is 0.733. The van der Waals surface area contributed by atoms with Gasteiger partial charge in [-0.1, -0.05) is 41.5 Å². The number of ether oxygens (including phenoxy) is 1. The van der Waals surface area contributed by atoms with Gasteiger partial charge in [-0.25, -0.2) is 0 Å². The largest absolute Gasteiger partial charge is 0.461 e. The normalized spacial score (nSPS) is 16.3. The first kappa shape index (κ1) is 14.4. The molecule has 0 heterocycles. The van der Waals surface area contributed by atoms with Crippen LogP contribution < -0.4 is 0 Å².